The Morgan fingerprint density at radius 1 is 1.45 bits per heavy atom. The molecule has 0 radical (unpaired) electrons. The largest absolute Gasteiger partial charge is 0.328 e. The van der Waals surface area contributed by atoms with Crippen molar-refractivity contribution < 1.29 is 0 Å². The van der Waals surface area contributed by atoms with Crippen LogP contribution < -0.4 is 11.1 Å². The van der Waals surface area contributed by atoms with Crippen LogP contribution in [0.3, 0.4) is 0 Å². The molecule has 0 aromatic carbocycles. The lowest BCUT2D eigenvalue weighted by Crippen LogP contribution is -2.31. The first kappa shape index (κ1) is 9.01. The van der Waals surface area contributed by atoms with Crippen molar-refractivity contribution in [3.8, 4) is 0 Å². The molecule has 1 saturated heterocycles. The first-order valence-corrected chi connectivity index (χ1v) is 4.79. The van der Waals surface area contributed by atoms with Crippen LogP contribution in [0.5, 0.6) is 0 Å². The summed E-state index contributed by atoms with van der Waals surface area (Å²) in [6.45, 7) is 4.56. The number of hydrogen-bond acceptors (Lipinski definition) is 2. The molecule has 66 valence electrons. The molecule has 1 fully saturated rings. The molecule has 1 aliphatic rings. The highest BCUT2D eigenvalue weighted by Gasteiger charge is 2.14. The van der Waals surface area contributed by atoms with Gasteiger partial charge in [0, 0.05) is 6.04 Å². The third-order valence-electron chi connectivity index (χ3n) is 2.62. The molecule has 3 N–H and O–H groups in total. The molecule has 1 unspecified atom stereocenters. The summed E-state index contributed by atoms with van der Waals surface area (Å²) in [5, 5.41) is 3.37. The quantitative estimate of drug-likeness (QED) is 0.642. The average Bonchev–Trinajstić information content (AvgIpc) is 2.06. The third-order valence-corrected chi connectivity index (χ3v) is 2.62. The molecule has 11 heavy (non-hydrogen) atoms. The minimum Gasteiger partial charge on any atom is -0.328 e. The van der Waals surface area contributed by atoms with Gasteiger partial charge in [-0.25, -0.2) is 0 Å². The second-order valence-electron chi connectivity index (χ2n) is 3.60. The van der Waals surface area contributed by atoms with Crippen LogP contribution in [-0.4, -0.2) is 19.1 Å². The Morgan fingerprint density at radius 3 is 2.64 bits per heavy atom. The van der Waals surface area contributed by atoms with Gasteiger partial charge in [0.2, 0.25) is 0 Å². The van der Waals surface area contributed by atoms with Crippen molar-refractivity contribution in [3.05, 3.63) is 0 Å². The number of piperidine rings is 1. The zero-order chi connectivity index (χ0) is 8.10. The molecule has 1 aliphatic heterocycles. The van der Waals surface area contributed by atoms with Gasteiger partial charge in [-0.15, -0.1) is 0 Å². The summed E-state index contributed by atoms with van der Waals surface area (Å²) in [5.74, 6) is 0.895. The molecular weight excluding hydrogens is 136 g/mol. The van der Waals surface area contributed by atoms with Crippen LogP contribution in [0.1, 0.15) is 32.6 Å². The summed E-state index contributed by atoms with van der Waals surface area (Å²) in [5.41, 5.74) is 5.88. The van der Waals surface area contributed by atoms with Gasteiger partial charge in [-0.05, 0) is 44.7 Å². The normalized spacial score (nSPS) is 23.5. The van der Waals surface area contributed by atoms with Crippen molar-refractivity contribution in [2.75, 3.05) is 13.1 Å². The van der Waals surface area contributed by atoms with Crippen LogP contribution in [0.15, 0.2) is 0 Å². The van der Waals surface area contributed by atoms with Crippen molar-refractivity contribution in [2.24, 2.45) is 11.7 Å². The first-order valence-electron chi connectivity index (χ1n) is 4.79. The monoisotopic (exact) mass is 156 g/mol. The van der Waals surface area contributed by atoms with E-state index in [4.69, 9.17) is 5.73 Å². The van der Waals surface area contributed by atoms with E-state index in [0.29, 0.717) is 6.04 Å². The maximum atomic E-state index is 5.88. The van der Waals surface area contributed by atoms with Crippen LogP contribution in [0, 0.1) is 5.92 Å². The lowest BCUT2D eigenvalue weighted by atomic mass is 9.90. The van der Waals surface area contributed by atoms with E-state index in [9.17, 15) is 0 Å². The lowest BCUT2D eigenvalue weighted by Gasteiger charge is -2.24. The van der Waals surface area contributed by atoms with Crippen molar-refractivity contribution in [1.29, 1.82) is 0 Å². The molecule has 0 saturated carbocycles. The number of nitrogens with two attached hydrogens (primary N) is 1. The summed E-state index contributed by atoms with van der Waals surface area (Å²) >= 11 is 0. The molecule has 0 bridgehead atoms. The van der Waals surface area contributed by atoms with Crippen LogP contribution in [0.25, 0.3) is 0 Å². The number of nitrogens with one attached hydrogen (secondary N) is 1. The second-order valence-corrected chi connectivity index (χ2v) is 3.60. The Labute approximate surface area is 69.5 Å². The molecule has 2 nitrogen and oxygen atoms in total. The highest BCUT2D eigenvalue weighted by atomic mass is 14.9. The van der Waals surface area contributed by atoms with Crippen LogP contribution in [0.4, 0.5) is 0 Å². The topological polar surface area (TPSA) is 38.0 Å². The van der Waals surface area contributed by atoms with Crippen molar-refractivity contribution in [1.82, 2.24) is 5.32 Å². The van der Waals surface area contributed by atoms with Gasteiger partial charge in [-0.3, -0.25) is 0 Å². The molecule has 1 atom stereocenters. The first-order chi connectivity index (χ1) is 5.33. The van der Waals surface area contributed by atoms with E-state index in [0.717, 1.165) is 12.3 Å². The van der Waals surface area contributed by atoms with Gasteiger partial charge in [0.1, 0.15) is 0 Å². The molecule has 0 spiro atoms. The predicted octanol–water partition coefficient (Wildman–Crippen LogP) is 1.11. The average molecular weight is 156 g/mol. The SMILES string of the molecule is CCC(N)CC1CCNCC1. The van der Waals surface area contributed by atoms with E-state index < -0.39 is 0 Å². The van der Waals surface area contributed by atoms with E-state index in [1.807, 2.05) is 0 Å². The van der Waals surface area contributed by atoms with Crippen molar-refractivity contribution in [2.45, 2.75) is 38.6 Å². The van der Waals surface area contributed by atoms with E-state index in [1.54, 1.807) is 0 Å². The Bertz CT molecular complexity index is 97.7. The smallest absolute Gasteiger partial charge is 0.00388 e. The lowest BCUT2D eigenvalue weighted by molar-refractivity contribution is 0.328. The maximum Gasteiger partial charge on any atom is 0.00388 e. The Hall–Kier alpha value is -0.0800. The molecule has 1 heterocycles. The Balaban J connectivity index is 2.13. The molecule has 1 rings (SSSR count). The fraction of sp³-hybridized carbons (Fsp3) is 1.00. The Morgan fingerprint density at radius 2 is 2.09 bits per heavy atom. The van der Waals surface area contributed by atoms with Crippen LogP contribution in [-0.2, 0) is 0 Å². The molecule has 0 amide bonds. The van der Waals surface area contributed by atoms with Crippen LogP contribution in [0.2, 0.25) is 0 Å². The van der Waals surface area contributed by atoms with Crippen LogP contribution >= 0.6 is 0 Å². The molecule has 2 heteroatoms. The van der Waals surface area contributed by atoms with Gasteiger partial charge in [0.25, 0.3) is 0 Å². The zero-order valence-electron chi connectivity index (χ0n) is 7.47. The van der Waals surface area contributed by atoms with Gasteiger partial charge < -0.3 is 11.1 Å². The standard InChI is InChI=1S/C9H20N2/c1-2-9(10)7-8-3-5-11-6-4-8/h8-9,11H,2-7,10H2,1H3. The summed E-state index contributed by atoms with van der Waals surface area (Å²) in [4.78, 5) is 0. The molecule has 0 aromatic heterocycles. The highest BCUT2D eigenvalue weighted by Crippen LogP contribution is 2.17. The molecule has 0 aliphatic carbocycles. The summed E-state index contributed by atoms with van der Waals surface area (Å²) in [6, 6.07) is 0.443. The zero-order valence-corrected chi connectivity index (χ0v) is 7.47. The number of hydrogen-bond donors (Lipinski definition) is 2. The third kappa shape index (κ3) is 3.21. The van der Waals surface area contributed by atoms with Gasteiger partial charge in [0.05, 0.1) is 0 Å². The van der Waals surface area contributed by atoms with E-state index in [-0.39, 0.29) is 0 Å². The molecule has 0 aromatic rings. The van der Waals surface area contributed by atoms with Crippen molar-refractivity contribution >= 4 is 0 Å². The minimum absolute atomic E-state index is 0.443. The summed E-state index contributed by atoms with van der Waals surface area (Å²) in [7, 11) is 0. The van der Waals surface area contributed by atoms with E-state index >= 15 is 0 Å². The fourth-order valence-corrected chi connectivity index (χ4v) is 1.71. The minimum atomic E-state index is 0.443. The number of rotatable bonds is 3. The predicted molar refractivity (Wildman–Crippen MR) is 48.5 cm³/mol. The van der Waals surface area contributed by atoms with E-state index in [2.05, 4.69) is 12.2 Å². The summed E-state index contributed by atoms with van der Waals surface area (Å²) < 4.78 is 0. The van der Waals surface area contributed by atoms with Gasteiger partial charge in [-0.2, -0.15) is 0 Å². The molecular formula is C9H20N2. The summed E-state index contributed by atoms with van der Waals surface area (Å²) in [6.07, 6.45) is 5.02. The second kappa shape index (κ2) is 4.73. The van der Waals surface area contributed by atoms with Crippen molar-refractivity contribution in [3.63, 3.8) is 0 Å². The van der Waals surface area contributed by atoms with E-state index in [1.165, 1.54) is 32.4 Å². The highest BCUT2D eigenvalue weighted by molar-refractivity contribution is 4.72. The maximum absolute atomic E-state index is 5.88. The van der Waals surface area contributed by atoms with Gasteiger partial charge >= 0.3 is 0 Å². The Kier molecular flexibility index (Phi) is 3.87. The van der Waals surface area contributed by atoms with Gasteiger partial charge in [-0.1, -0.05) is 6.92 Å². The fourth-order valence-electron chi connectivity index (χ4n) is 1.71. The van der Waals surface area contributed by atoms with Gasteiger partial charge in [0.15, 0.2) is 0 Å².